The third-order valence-electron chi connectivity index (χ3n) is 3.26. The van der Waals surface area contributed by atoms with Gasteiger partial charge in [0, 0.05) is 25.6 Å². The standard InChI is InChI=1S/C14H22N4O/c1-11(2)5-6-15-13-8-14(17-10-16-13)18-7-3-4-12(19)9-18/h8,10-11H,3-7,9H2,1-2H3,(H,15,16,17). The zero-order valence-electron chi connectivity index (χ0n) is 11.7. The van der Waals surface area contributed by atoms with E-state index in [9.17, 15) is 4.79 Å². The fraction of sp³-hybridized carbons (Fsp3) is 0.643. The first-order valence-electron chi connectivity index (χ1n) is 6.97. The van der Waals surface area contributed by atoms with Crippen LogP contribution in [0, 0.1) is 5.92 Å². The van der Waals surface area contributed by atoms with Crippen molar-refractivity contribution in [2.75, 3.05) is 29.9 Å². The van der Waals surface area contributed by atoms with Crippen LogP contribution in [0.5, 0.6) is 0 Å². The van der Waals surface area contributed by atoms with Crippen LogP contribution in [0.4, 0.5) is 11.6 Å². The fourth-order valence-corrected chi connectivity index (χ4v) is 2.14. The maximum atomic E-state index is 11.5. The predicted octanol–water partition coefficient (Wildman–Crippen LogP) is 2.10. The van der Waals surface area contributed by atoms with Crippen molar-refractivity contribution in [1.82, 2.24) is 9.97 Å². The highest BCUT2D eigenvalue weighted by atomic mass is 16.1. The Balaban J connectivity index is 1.96. The first-order chi connectivity index (χ1) is 9.15. The Morgan fingerprint density at radius 2 is 2.26 bits per heavy atom. The lowest BCUT2D eigenvalue weighted by atomic mass is 10.1. The molecular weight excluding hydrogens is 240 g/mol. The van der Waals surface area contributed by atoms with Gasteiger partial charge in [-0.3, -0.25) is 4.79 Å². The number of ketones is 1. The largest absolute Gasteiger partial charge is 0.370 e. The van der Waals surface area contributed by atoms with Gasteiger partial charge in [0.2, 0.25) is 0 Å². The molecule has 0 aromatic carbocycles. The number of carbonyl (C=O) groups is 1. The molecule has 1 fully saturated rings. The number of hydrogen-bond acceptors (Lipinski definition) is 5. The zero-order chi connectivity index (χ0) is 13.7. The molecule has 0 spiro atoms. The lowest BCUT2D eigenvalue weighted by Gasteiger charge is -2.26. The van der Waals surface area contributed by atoms with Crippen molar-refractivity contribution in [3.05, 3.63) is 12.4 Å². The monoisotopic (exact) mass is 262 g/mol. The van der Waals surface area contributed by atoms with E-state index >= 15 is 0 Å². The average Bonchev–Trinajstić information content (AvgIpc) is 2.39. The minimum Gasteiger partial charge on any atom is -0.370 e. The molecule has 0 amide bonds. The van der Waals surface area contributed by atoms with Crippen LogP contribution in [0.15, 0.2) is 12.4 Å². The van der Waals surface area contributed by atoms with Crippen molar-refractivity contribution in [1.29, 1.82) is 0 Å². The number of piperidine rings is 1. The highest BCUT2D eigenvalue weighted by molar-refractivity contribution is 5.84. The van der Waals surface area contributed by atoms with Gasteiger partial charge in [-0.2, -0.15) is 0 Å². The summed E-state index contributed by atoms with van der Waals surface area (Å²) >= 11 is 0. The summed E-state index contributed by atoms with van der Waals surface area (Å²) in [6, 6.07) is 1.93. The summed E-state index contributed by atoms with van der Waals surface area (Å²) in [5, 5.41) is 3.30. The number of hydrogen-bond donors (Lipinski definition) is 1. The number of nitrogens with zero attached hydrogens (tertiary/aromatic N) is 3. The molecule has 1 N–H and O–H groups in total. The van der Waals surface area contributed by atoms with Crippen molar-refractivity contribution in [2.45, 2.75) is 33.1 Å². The molecule has 0 atom stereocenters. The van der Waals surface area contributed by atoms with Gasteiger partial charge in [-0.15, -0.1) is 0 Å². The SMILES string of the molecule is CC(C)CCNc1cc(N2CCCC(=O)C2)ncn1. The summed E-state index contributed by atoms with van der Waals surface area (Å²) < 4.78 is 0. The number of rotatable bonds is 5. The number of anilines is 2. The van der Waals surface area contributed by atoms with E-state index in [1.807, 2.05) is 11.0 Å². The van der Waals surface area contributed by atoms with E-state index < -0.39 is 0 Å². The molecule has 104 valence electrons. The minimum atomic E-state index is 0.291. The van der Waals surface area contributed by atoms with Crippen LogP contribution in [0.2, 0.25) is 0 Å². The molecule has 0 bridgehead atoms. The normalized spacial score (nSPS) is 15.9. The number of Topliss-reactive ketones (excluding diaryl/α,β-unsaturated/α-hetero) is 1. The molecule has 1 saturated heterocycles. The van der Waals surface area contributed by atoms with Crippen molar-refractivity contribution in [2.24, 2.45) is 5.92 Å². The van der Waals surface area contributed by atoms with Crippen molar-refractivity contribution >= 4 is 17.4 Å². The Kier molecular flexibility index (Phi) is 4.71. The van der Waals surface area contributed by atoms with Crippen LogP contribution < -0.4 is 10.2 Å². The molecule has 5 heteroatoms. The molecule has 1 aliphatic heterocycles. The molecule has 19 heavy (non-hydrogen) atoms. The van der Waals surface area contributed by atoms with Gasteiger partial charge >= 0.3 is 0 Å². The van der Waals surface area contributed by atoms with Crippen LogP contribution in [0.3, 0.4) is 0 Å². The molecule has 0 saturated carbocycles. The first kappa shape index (κ1) is 13.8. The van der Waals surface area contributed by atoms with Crippen LogP contribution in [0.1, 0.15) is 33.1 Å². The van der Waals surface area contributed by atoms with Gasteiger partial charge in [0.25, 0.3) is 0 Å². The quantitative estimate of drug-likeness (QED) is 0.880. The van der Waals surface area contributed by atoms with Gasteiger partial charge in [0.15, 0.2) is 5.78 Å². The summed E-state index contributed by atoms with van der Waals surface area (Å²) in [6.45, 7) is 6.68. The Bertz CT molecular complexity index is 433. The van der Waals surface area contributed by atoms with Crippen molar-refractivity contribution in [3.8, 4) is 0 Å². The number of carbonyl (C=O) groups excluding carboxylic acids is 1. The predicted molar refractivity (Wildman–Crippen MR) is 76.4 cm³/mol. The highest BCUT2D eigenvalue weighted by Crippen LogP contribution is 2.18. The van der Waals surface area contributed by atoms with Crippen LogP contribution in [0.25, 0.3) is 0 Å². The van der Waals surface area contributed by atoms with E-state index in [-0.39, 0.29) is 0 Å². The van der Waals surface area contributed by atoms with E-state index in [0.29, 0.717) is 24.7 Å². The molecule has 0 aliphatic carbocycles. The van der Waals surface area contributed by atoms with E-state index in [0.717, 1.165) is 37.6 Å². The second-order valence-electron chi connectivity index (χ2n) is 5.43. The van der Waals surface area contributed by atoms with Gasteiger partial charge in [-0.25, -0.2) is 9.97 Å². The van der Waals surface area contributed by atoms with Crippen LogP contribution in [-0.4, -0.2) is 35.4 Å². The first-order valence-corrected chi connectivity index (χ1v) is 6.97. The maximum absolute atomic E-state index is 11.5. The number of aromatic nitrogens is 2. The molecule has 1 aromatic rings. The zero-order valence-corrected chi connectivity index (χ0v) is 11.7. The van der Waals surface area contributed by atoms with E-state index in [2.05, 4.69) is 29.1 Å². The third kappa shape index (κ3) is 4.19. The van der Waals surface area contributed by atoms with Crippen LogP contribution >= 0.6 is 0 Å². The third-order valence-corrected chi connectivity index (χ3v) is 3.26. The fourth-order valence-electron chi connectivity index (χ4n) is 2.14. The maximum Gasteiger partial charge on any atom is 0.152 e. The summed E-state index contributed by atoms with van der Waals surface area (Å²) in [5.41, 5.74) is 0. The van der Waals surface area contributed by atoms with Gasteiger partial charge in [-0.1, -0.05) is 13.8 Å². The van der Waals surface area contributed by atoms with Crippen LogP contribution in [-0.2, 0) is 4.79 Å². The smallest absolute Gasteiger partial charge is 0.152 e. The minimum absolute atomic E-state index is 0.291. The second kappa shape index (κ2) is 6.50. The summed E-state index contributed by atoms with van der Waals surface area (Å²) in [6.07, 6.45) is 4.29. The van der Waals surface area contributed by atoms with E-state index in [1.54, 1.807) is 6.33 Å². The van der Waals surface area contributed by atoms with E-state index in [4.69, 9.17) is 0 Å². The lowest BCUT2D eigenvalue weighted by Crippen LogP contribution is -2.36. The molecule has 2 heterocycles. The van der Waals surface area contributed by atoms with Gasteiger partial charge in [0.1, 0.15) is 18.0 Å². The highest BCUT2D eigenvalue weighted by Gasteiger charge is 2.18. The molecule has 0 unspecified atom stereocenters. The van der Waals surface area contributed by atoms with E-state index in [1.165, 1.54) is 0 Å². The van der Waals surface area contributed by atoms with Gasteiger partial charge in [-0.05, 0) is 18.8 Å². The number of nitrogens with one attached hydrogen (secondary N) is 1. The topological polar surface area (TPSA) is 58.1 Å². The second-order valence-corrected chi connectivity index (χ2v) is 5.43. The molecular formula is C14H22N4O. The molecule has 1 aromatic heterocycles. The Hall–Kier alpha value is -1.65. The summed E-state index contributed by atoms with van der Waals surface area (Å²) in [4.78, 5) is 22.0. The Labute approximate surface area is 114 Å². The van der Waals surface area contributed by atoms with Gasteiger partial charge in [0.05, 0.1) is 6.54 Å². The van der Waals surface area contributed by atoms with Crippen molar-refractivity contribution in [3.63, 3.8) is 0 Å². The molecule has 2 rings (SSSR count). The Morgan fingerprint density at radius 3 is 3.00 bits per heavy atom. The molecule has 1 aliphatic rings. The van der Waals surface area contributed by atoms with Gasteiger partial charge < -0.3 is 10.2 Å². The van der Waals surface area contributed by atoms with Crippen molar-refractivity contribution < 1.29 is 4.79 Å². The molecule has 5 nitrogen and oxygen atoms in total. The summed E-state index contributed by atoms with van der Waals surface area (Å²) in [5.74, 6) is 2.64. The summed E-state index contributed by atoms with van der Waals surface area (Å²) in [7, 11) is 0. The lowest BCUT2D eigenvalue weighted by molar-refractivity contribution is -0.118. The average molecular weight is 262 g/mol. The Morgan fingerprint density at radius 1 is 1.42 bits per heavy atom. The molecule has 0 radical (unpaired) electrons.